The van der Waals surface area contributed by atoms with Gasteiger partial charge in [0.15, 0.2) is 0 Å². The minimum Gasteiger partial charge on any atom is -0.379 e. The Labute approximate surface area is 88.0 Å². The van der Waals surface area contributed by atoms with Gasteiger partial charge in [-0.05, 0) is 26.3 Å². The van der Waals surface area contributed by atoms with E-state index in [9.17, 15) is 0 Å². The van der Waals surface area contributed by atoms with Crippen LogP contribution in [0.25, 0.3) is 0 Å². The minimum absolute atomic E-state index is 0.276. The Morgan fingerprint density at radius 1 is 1.21 bits per heavy atom. The van der Waals surface area contributed by atoms with Crippen molar-refractivity contribution in [1.82, 2.24) is 0 Å². The molecule has 0 heterocycles. The lowest BCUT2D eigenvalue weighted by molar-refractivity contribution is -0.0165. The Balaban J connectivity index is 3.40. The molecule has 0 amide bonds. The van der Waals surface area contributed by atoms with E-state index in [1.54, 1.807) is 0 Å². The zero-order chi connectivity index (χ0) is 10.6. The molecule has 0 saturated carbocycles. The first-order valence-electron chi connectivity index (χ1n) is 5.74. The van der Waals surface area contributed by atoms with E-state index in [0.29, 0.717) is 13.2 Å². The lowest BCUT2D eigenvalue weighted by Gasteiger charge is -2.16. The first kappa shape index (κ1) is 13.9. The predicted molar refractivity (Wildman–Crippen MR) is 59.4 cm³/mol. The average molecular weight is 203 g/mol. The Kier molecular flexibility index (Phi) is 10.9. The molecule has 3 heteroatoms. The lowest BCUT2D eigenvalue weighted by atomic mass is 10.2. The largest absolute Gasteiger partial charge is 0.379 e. The number of hydrogen-bond acceptors (Lipinski definition) is 3. The molecule has 0 aromatic carbocycles. The maximum atomic E-state index is 5.57. The molecule has 0 bridgehead atoms. The summed E-state index contributed by atoms with van der Waals surface area (Å²) in [7, 11) is 0. The summed E-state index contributed by atoms with van der Waals surface area (Å²) in [5.74, 6) is 0. The molecule has 1 atom stereocenters. The van der Waals surface area contributed by atoms with E-state index in [1.807, 2.05) is 6.92 Å². The second-order valence-electron chi connectivity index (χ2n) is 3.44. The molecule has 2 N–H and O–H groups in total. The van der Waals surface area contributed by atoms with Crippen LogP contribution in [-0.4, -0.2) is 32.5 Å². The third-order valence-electron chi connectivity index (χ3n) is 2.08. The number of hydrogen-bond donors (Lipinski definition) is 1. The highest BCUT2D eigenvalue weighted by molar-refractivity contribution is 4.56. The van der Waals surface area contributed by atoms with Crippen molar-refractivity contribution in [2.75, 3.05) is 26.4 Å². The van der Waals surface area contributed by atoms with Crippen LogP contribution in [0.15, 0.2) is 0 Å². The number of nitrogens with two attached hydrogens (primary N) is 1. The van der Waals surface area contributed by atoms with Gasteiger partial charge in [0.1, 0.15) is 0 Å². The van der Waals surface area contributed by atoms with Crippen LogP contribution in [0.2, 0.25) is 0 Å². The van der Waals surface area contributed by atoms with Crippen LogP contribution < -0.4 is 5.73 Å². The van der Waals surface area contributed by atoms with Crippen LogP contribution in [0.5, 0.6) is 0 Å². The zero-order valence-electron chi connectivity index (χ0n) is 9.63. The molecule has 0 saturated heterocycles. The first-order chi connectivity index (χ1) is 6.85. The van der Waals surface area contributed by atoms with Crippen LogP contribution in [-0.2, 0) is 9.47 Å². The van der Waals surface area contributed by atoms with Crippen molar-refractivity contribution in [3.63, 3.8) is 0 Å². The van der Waals surface area contributed by atoms with E-state index in [-0.39, 0.29) is 6.10 Å². The van der Waals surface area contributed by atoms with Crippen molar-refractivity contribution in [3.05, 3.63) is 0 Å². The highest BCUT2D eigenvalue weighted by atomic mass is 16.5. The molecule has 0 aliphatic heterocycles. The SMILES string of the molecule is CCCCC(COCCCN)OCC. The van der Waals surface area contributed by atoms with Crippen LogP contribution in [0, 0.1) is 0 Å². The van der Waals surface area contributed by atoms with E-state index in [0.717, 1.165) is 26.1 Å². The highest BCUT2D eigenvalue weighted by Crippen LogP contribution is 2.05. The molecule has 0 rings (SSSR count). The molecule has 86 valence electrons. The first-order valence-corrected chi connectivity index (χ1v) is 5.74. The van der Waals surface area contributed by atoms with Crippen molar-refractivity contribution in [1.29, 1.82) is 0 Å². The van der Waals surface area contributed by atoms with Crippen molar-refractivity contribution < 1.29 is 9.47 Å². The van der Waals surface area contributed by atoms with Crippen molar-refractivity contribution in [3.8, 4) is 0 Å². The summed E-state index contributed by atoms with van der Waals surface area (Å²) in [6, 6.07) is 0. The Hall–Kier alpha value is -0.120. The normalized spacial score (nSPS) is 13.1. The quantitative estimate of drug-likeness (QED) is 0.552. The molecule has 0 aliphatic rings. The zero-order valence-corrected chi connectivity index (χ0v) is 9.63. The van der Waals surface area contributed by atoms with Crippen LogP contribution in [0.4, 0.5) is 0 Å². The fourth-order valence-corrected chi connectivity index (χ4v) is 1.28. The van der Waals surface area contributed by atoms with Gasteiger partial charge in [0.05, 0.1) is 12.7 Å². The van der Waals surface area contributed by atoms with Crippen molar-refractivity contribution in [2.45, 2.75) is 45.6 Å². The van der Waals surface area contributed by atoms with Gasteiger partial charge in [0, 0.05) is 13.2 Å². The molecule has 0 aromatic rings. The summed E-state index contributed by atoms with van der Waals surface area (Å²) >= 11 is 0. The van der Waals surface area contributed by atoms with Gasteiger partial charge >= 0.3 is 0 Å². The Bertz CT molecular complexity index is 109. The Morgan fingerprint density at radius 3 is 2.57 bits per heavy atom. The Morgan fingerprint density at radius 2 is 2.00 bits per heavy atom. The average Bonchev–Trinajstić information content (AvgIpc) is 2.20. The summed E-state index contributed by atoms with van der Waals surface area (Å²) in [5, 5.41) is 0. The predicted octanol–water partition coefficient (Wildman–Crippen LogP) is 1.95. The van der Waals surface area contributed by atoms with Crippen molar-refractivity contribution in [2.24, 2.45) is 5.73 Å². The van der Waals surface area contributed by atoms with Crippen LogP contribution >= 0.6 is 0 Å². The van der Waals surface area contributed by atoms with E-state index < -0.39 is 0 Å². The number of rotatable bonds is 10. The molecule has 0 fully saturated rings. The molecular weight excluding hydrogens is 178 g/mol. The molecule has 0 aliphatic carbocycles. The second-order valence-corrected chi connectivity index (χ2v) is 3.44. The fourth-order valence-electron chi connectivity index (χ4n) is 1.28. The third kappa shape index (κ3) is 8.48. The van der Waals surface area contributed by atoms with Gasteiger partial charge in [0.25, 0.3) is 0 Å². The number of ether oxygens (including phenoxy) is 2. The summed E-state index contributed by atoms with van der Waals surface area (Å²) < 4.78 is 11.0. The minimum atomic E-state index is 0.276. The van der Waals surface area contributed by atoms with Crippen LogP contribution in [0.1, 0.15) is 39.5 Å². The van der Waals surface area contributed by atoms with Gasteiger partial charge in [-0.1, -0.05) is 19.8 Å². The summed E-state index contributed by atoms with van der Waals surface area (Å²) in [4.78, 5) is 0. The standard InChI is InChI=1S/C11H25NO2/c1-3-5-7-11(14-4-2)10-13-9-6-8-12/h11H,3-10,12H2,1-2H3. The fraction of sp³-hybridized carbons (Fsp3) is 1.00. The third-order valence-corrected chi connectivity index (χ3v) is 2.08. The van der Waals surface area contributed by atoms with E-state index in [2.05, 4.69) is 6.92 Å². The van der Waals surface area contributed by atoms with E-state index >= 15 is 0 Å². The molecule has 1 unspecified atom stereocenters. The van der Waals surface area contributed by atoms with Gasteiger partial charge < -0.3 is 15.2 Å². The molecule has 0 aromatic heterocycles. The molecule has 3 nitrogen and oxygen atoms in total. The van der Waals surface area contributed by atoms with Crippen LogP contribution in [0.3, 0.4) is 0 Å². The summed E-state index contributed by atoms with van der Waals surface area (Å²) in [6.45, 7) is 7.17. The molecular formula is C11H25NO2. The molecule has 14 heavy (non-hydrogen) atoms. The maximum absolute atomic E-state index is 5.57. The maximum Gasteiger partial charge on any atom is 0.0808 e. The van der Waals surface area contributed by atoms with E-state index in [4.69, 9.17) is 15.2 Å². The van der Waals surface area contributed by atoms with Gasteiger partial charge in [-0.15, -0.1) is 0 Å². The van der Waals surface area contributed by atoms with Gasteiger partial charge in [-0.25, -0.2) is 0 Å². The highest BCUT2D eigenvalue weighted by Gasteiger charge is 2.07. The summed E-state index contributed by atoms with van der Waals surface area (Å²) in [5.41, 5.74) is 5.37. The van der Waals surface area contributed by atoms with Gasteiger partial charge in [0.2, 0.25) is 0 Å². The summed E-state index contributed by atoms with van der Waals surface area (Å²) in [6.07, 6.45) is 4.74. The second kappa shape index (κ2) is 11.0. The monoisotopic (exact) mass is 203 g/mol. The van der Waals surface area contributed by atoms with E-state index in [1.165, 1.54) is 12.8 Å². The van der Waals surface area contributed by atoms with Crippen molar-refractivity contribution >= 4 is 0 Å². The van der Waals surface area contributed by atoms with Gasteiger partial charge in [-0.2, -0.15) is 0 Å². The molecule has 0 spiro atoms. The van der Waals surface area contributed by atoms with Gasteiger partial charge in [-0.3, -0.25) is 0 Å². The number of unbranched alkanes of at least 4 members (excludes halogenated alkanes) is 1. The lowest BCUT2D eigenvalue weighted by Crippen LogP contribution is -2.20. The smallest absolute Gasteiger partial charge is 0.0808 e. The topological polar surface area (TPSA) is 44.5 Å². The molecule has 0 radical (unpaired) electrons.